The molecule has 8 heteroatoms. The average Bonchev–Trinajstić information content (AvgIpc) is 3.39. The summed E-state index contributed by atoms with van der Waals surface area (Å²) in [6.07, 6.45) is 3.37. The largest absolute Gasteiger partial charge is 0.484 e. The third-order valence-corrected chi connectivity index (χ3v) is 5.29. The van der Waals surface area contributed by atoms with E-state index in [1.807, 2.05) is 25.1 Å². The summed E-state index contributed by atoms with van der Waals surface area (Å²) in [5.74, 6) is 0.721. The lowest BCUT2D eigenvalue weighted by Gasteiger charge is -2.07. The van der Waals surface area contributed by atoms with Crippen molar-refractivity contribution in [2.45, 2.75) is 20.1 Å². The topological polar surface area (TPSA) is 69.3 Å². The maximum Gasteiger partial charge on any atom is 0.291 e. The summed E-state index contributed by atoms with van der Waals surface area (Å²) < 4.78 is 13.0. The van der Waals surface area contributed by atoms with Gasteiger partial charge in [0.2, 0.25) is 0 Å². The summed E-state index contributed by atoms with van der Waals surface area (Å²) >= 11 is 12.1. The molecule has 0 atom stereocenters. The molecule has 158 valence electrons. The normalized spacial score (nSPS) is 10.8. The Bertz CT molecular complexity index is 1220. The summed E-state index contributed by atoms with van der Waals surface area (Å²) in [5, 5.41) is 7.82. The number of hydrogen-bond acceptors (Lipinski definition) is 4. The van der Waals surface area contributed by atoms with Crippen LogP contribution in [0.15, 0.2) is 71.4 Å². The van der Waals surface area contributed by atoms with E-state index in [9.17, 15) is 4.79 Å². The van der Waals surface area contributed by atoms with Crippen LogP contribution >= 0.6 is 23.2 Å². The quantitative estimate of drug-likeness (QED) is 0.372. The summed E-state index contributed by atoms with van der Waals surface area (Å²) in [4.78, 5) is 12.5. The van der Waals surface area contributed by atoms with Gasteiger partial charge in [0.15, 0.2) is 5.76 Å². The second-order valence-electron chi connectivity index (χ2n) is 6.98. The highest BCUT2D eigenvalue weighted by Crippen LogP contribution is 2.32. The second-order valence-corrected chi connectivity index (χ2v) is 7.76. The molecule has 0 unspecified atom stereocenters. The Morgan fingerprint density at radius 3 is 2.84 bits per heavy atom. The highest BCUT2D eigenvalue weighted by Gasteiger charge is 2.14. The molecule has 0 fully saturated rings. The number of benzene rings is 2. The van der Waals surface area contributed by atoms with E-state index in [0.717, 1.165) is 5.56 Å². The van der Waals surface area contributed by atoms with Crippen molar-refractivity contribution < 1.29 is 13.9 Å². The van der Waals surface area contributed by atoms with Crippen molar-refractivity contribution in [1.82, 2.24) is 9.78 Å². The van der Waals surface area contributed by atoms with Crippen LogP contribution in [-0.2, 0) is 13.2 Å². The minimum absolute atomic E-state index is 0.113. The molecule has 0 spiro atoms. The zero-order valence-corrected chi connectivity index (χ0v) is 18.2. The zero-order chi connectivity index (χ0) is 21.8. The van der Waals surface area contributed by atoms with Crippen LogP contribution in [-0.4, -0.2) is 15.7 Å². The Labute approximate surface area is 189 Å². The zero-order valence-electron chi connectivity index (χ0n) is 16.6. The molecule has 2 aromatic heterocycles. The van der Waals surface area contributed by atoms with E-state index >= 15 is 0 Å². The van der Waals surface area contributed by atoms with Crippen molar-refractivity contribution in [2.75, 3.05) is 5.32 Å². The molecule has 1 N–H and O–H groups in total. The number of aryl methyl sites for hydroxylation is 1. The van der Waals surface area contributed by atoms with Crippen LogP contribution in [0.1, 0.15) is 27.4 Å². The van der Waals surface area contributed by atoms with Crippen LogP contribution in [0.5, 0.6) is 5.75 Å². The predicted molar refractivity (Wildman–Crippen MR) is 120 cm³/mol. The van der Waals surface area contributed by atoms with Gasteiger partial charge in [0.25, 0.3) is 5.91 Å². The predicted octanol–water partition coefficient (Wildman–Crippen LogP) is 5.97. The smallest absolute Gasteiger partial charge is 0.291 e. The third-order valence-electron chi connectivity index (χ3n) is 4.49. The minimum Gasteiger partial charge on any atom is -0.484 e. The van der Waals surface area contributed by atoms with Crippen LogP contribution in [0.3, 0.4) is 0 Å². The second kappa shape index (κ2) is 9.29. The van der Waals surface area contributed by atoms with E-state index in [1.54, 1.807) is 47.4 Å². The number of nitrogens with one attached hydrogen (secondary N) is 1. The maximum absolute atomic E-state index is 12.5. The molecular weight excluding hydrogens is 437 g/mol. The number of rotatable bonds is 7. The van der Waals surface area contributed by atoms with E-state index in [2.05, 4.69) is 16.5 Å². The first-order chi connectivity index (χ1) is 15.0. The first-order valence-electron chi connectivity index (χ1n) is 9.53. The van der Waals surface area contributed by atoms with Gasteiger partial charge in [-0.2, -0.15) is 5.10 Å². The Kier molecular flexibility index (Phi) is 6.30. The van der Waals surface area contributed by atoms with Gasteiger partial charge in [0.1, 0.15) is 23.1 Å². The Morgan fingerprint density at radius 2 is 2.00 bits per heavy atom. The number of nitrogens with zero attached hydrogens (tertiary/aromatic N) is 2. The number of halogens is 2. The molecule has 0 radical (unpaired) electrons. The summed E-state index contributed by atoms with van der Waals surface area (Å²) in [5.41, 5.74) is 2.91. The Hall–Kier alpha value is -3.22. The van der Waals surface area contributed by atoms with Gasteiger partial charge in [-0.05, 0) is 36.8 Å². The van der Waals surface area contributed by atoms with E-state index < -0.39 is 0 Å². The first kappa shape index (κ1) is 21.0. The highest BCUT2D eigenvalue weighted by atomic mass is 35.5. The van der Waals surface area contributed by atoms with E-state index in [4.69, 9.17) is 32.4 Å². The van der Waals surface area contributed by atoms with Crippen molar-refractivity contribution in [3.8, 4) is 5.75 Å². The van der Waals surface area contributed by atoms with Crippen molar-refractivity contribution in [2.24, 2.45) is 0 Å². The molecular formula is C23H19Cl2N3O3. The molecule has 4 rings (SSSR count). The van der Waals surface area contributed by atoms with Gasteiger partial charge >= 0.3 is 0 Å². The van der Waals surface area contributed by atoms with Gasteiger partial charge in [-0.3, -0.25) is 9.48 Å². The van der Waals surface area contributed by atoms with Gasteiger partial charge in [-0.25, -0.2) is 0 Å². The molecule has 1 amide bonds. The fourth-order valence-corrected chi connectivity index (χ4v) is 3.37. The lowest BCUT2D eigenvalue weighted by molar-refractivity contribution is 0.0992. The molecule has 4 aromatic rings. The van der Waals surface area contributed by atoms with Gasteiger partial charge in [-0.1, -0.05) is 59.1 Å². The van der Waals surface area contributed by atoms with Crippen LogP contribution < -0.4 is 10.1 Å². The van der Waals surface area contributed by atoms with E-state index in [0.29, 0.717) is 33.8 Å². The number of carbonyl (C=O) groups is 1. The molecule has 0 saturated carbocycles. The highest BCUT2D eigenvalue weighted by molar-refractivity contribution is 6.42. The fourth-order valence-electron chi connectivity index (χ4n) is 3.03. The van der Waals surface area contributed by atoms with E-state index in [-0.39, 0.29) is 18.3 Å². The molecule has 0 saturated heterocycles. The van der Waals surface area contributed by atoms with Crippen LogP contribution in [0, 0.1) is 6.92 Å². The van der Waals surface area contributed by atoms with Crippen molar-refractivity contribution >= 4 is 34.8 Å². The summed E-state index contributed by atoms with van der Waals surface area (Å²) in [6.45, 7) is 2.78. The van der Waals surface area contributed by atoms with E-state index in [1.165, 1.54) is 5.56 Å². The Morgan fingerprint density at radius 1 is 1.16 bits per heavy atom. The molecule has 0 bridgehead atoms. The number of furan rings is 1. The molecule has 0 aliphatic carbocycles. The fraction of sp³-hybridized carbons (Fsp3) is 0.130. The van der Waals surface area contributed by atoms with Crippen LogP contribution in [0.2, 0.25) is 10.0 Å². The first-order valence-corrected chi connectivity index (χ1v) is 10.3. The number of anilines is 1. The monoisotopic (exact) mass is 455 g/mol. The van der Waals surface area contributed by atoms with Crippen LogP contribution in [0.25, 0.3) is 0 Å². The summed E-state index contributed by atoms with van der Waals surface area (Å²) in [7, 11) is 0. The van der Waals surface area contributed by atoms with Gasteiger partial charge < -0.3 is 14.5 Å². The maximum atomic E-state index is 12.5. The third kappa shape index (κ3) is 5.29. The number of amides is 1. The minimum atomic E-state index is -0.373. The number of ether oxygens (including phenoxy) is 1. The molecule has 0 aliphatic rings. The molecule has 0 aliphatic heterocycles. The molecule has 6 nitrogen and oxygen atoms in total. The van der Waals surface area contributed by atoms with Gasteiger partial charge in [0.05, 0.1) is 23.5 Å². The van der Waals surface area contributed by atoms with Gasteiger partial charge in [-0.15, -0.1) is 0 Å². The van der Waals surface area contributed by atoms with Crippen molar-refractivity contribution in [3.63, 3.8) is 0 Å². The van der Waals surface area contributed by atoms with Crippen molar-refractivity contribution in [1.29, 1.82) is 0 Å². The molecule has 2 aromatic carbocycles. The number of carbonyl (C=O) groups excluding carboxylic acids is 1. The number of aromatic nitrogens is 2. The molecule has 2 heterocycles. The van der Waals surface area contributed by atoms with Crippen molar-refractivity contribution in [3.05, 3.63) is 99.7 Å². The average molecular weight is 456 g/mol. The standard InChI is InChI=1S/C23H19Cl2N3O3/c1-15-4-2-5-16(10-15)12-28-13-17(11-26-28)27-23(29)21-9-8-18(31-21)14-30-20-7-3-6-19(24)22(20)25/h2-11,13H,12,14H2,1H3,(H,27,29). The lowest BCUT2D eigenvalue weighted by Crippen LogP contribution is -2.10. The number of hydrogen-bond donors (Lipinski definition) is 1. The SMILES string of the molecule is Cc1cccc(Cn2cc(NC(=O)c3ccc(COc4cccc(Cl)c4Cl)o3)cn2)c1. The van der Waals surface area contributed by atoms with Crippen LogP contribution in [0.4, 0.5) is 5.69 Å². The molecule has 31 heavy (non-hydrogen) atoms. The lowest BCUT2D eigenvalue weighted by atomic mass is 10.1. The summed E-state index contributed by atoms with van der Waals surface area (Å²) in [6, 6.07) is 16.6. The Balaban J connectivity index is 1.35. The van der Waals surface area contributed by atoms with Gasteiger partial charge in [0, 0.05) is 6.20 Å².